The van der Waals surface area contributed by atoms with Crippen molar-refractivity contribution in [3.8, 4) is 6.07 Å². The number of benzene rings is 2. The molecule has 0 aliphatic rings. The summed E-state index contributed by atoms with van der Waals surface area (Å²) >= 11 is 0. The van der Waals surface area contributed by atoms with E-state index in [1.54, 1.807) is 18.2 Å². The number of anilines is 2. The maximum atomic E-state index is 13.5. The van der Waals surface area contributed by atoms with Crippen molar-refractivity contribution in [1.82, 2.24) is 0 Å². The average molecular weight is 361 g/mol. The molecule has 0 unspecified atom stereocenters. The van der Waals surface area contributed by atoms with Crippen LogP contribution in [0.4, 0.5) is 15.8 Å². The number of amides is 1. The Labute approximate surface area is 145 Å². The van der Waals surface area contributed by atoms with Crippen LogP contribution in [0.2, 0.25) is 0 Å². The average Bonchev–Trinajstić information content (AvgIpc) is 2.56. The van der Waals surface area contributed by atoms with Gasteiger partial charge in [0.1, 0.15) is 11.9 Å². The standard InChI is InChI=1S/C17H16FN3O3S/c1-25(23,24)21(16-9-5-2-6-13(16)12-19)11-10-17(22)20-15-8-4-3-7-14(15)18/h2-9H,10-11H2,1H3,(H,20,22). The van der Waals surface area contributed by atoms with Gasteiger partial charge in [-0.2, -0.15) is 5.26 Å². The minimum Gasteiger partial charge on any atom is -0.324 e. The number of hydrogen-bond acceptors (Lipinski definition) is 4. The Balaban J connectivity index is 2.15. The summed E-state index contributed by atoms with van der Waals surface area (Å²) in [6, 6.07) is 13.8. The minimum absolute atomic E-state index is 0.0239. The number of rotatable bonds is 6. The molecule has 0 spiro atoms. The molecule has 0 fully saturated rings. The molecule has 0 saturated heterocycles. The number of nitriles is 1. The Hall–Kier alpha value is -2.92. The van der Waals surface area contributed by atoms with Gasteiger partial charge in [-0.1, -0.05) is 24.3 Å². The number of hydrogen-bond donors (Lipinski definition) is 1. The van der Waals surface area contributed by atoms with E-state index in [0.717, 1.165) is 10.6 Å². The SMILES string of the molecule is CS(=O)(=O)N(CCC(=O)Nc1ccccc1F)c1ccccc1C#N. The zero-order chi connectivity index (χ0) is 18.4. The van der Waals surface area contributed by atoms with Crippen LogP contribution in [0.15, 0.2) is 48.5 Å². The first kappa shape index (κ1) is 18.4. The number of halogens is 1. The molecule has 8 heteroatoms. The Morgan fingerprint density at radius 1 is 1.20 bits per heavy atom. The van der Waals surface area contributed by atoms with E-state index in [0.29, 0.717) is 0 Å². The van der Waals surface area contributed by atoms with Crippen LogP contribution < -0.4 is 9.62 Å². The molecular weight excluding hydrogens is 345 g/mol. The lowest BCUT2D eigenvalue weighted by molar-refractivity contribution is -0.116. The topological polar surface area (TPSA) is 90.3 Å². The van der Waals surface area contributed by atoms with Crippen molar-refractivity contribution >= 4 is 27.3 Å². The molecule has 0 aromatic heterocycles. The predicted molar refractivity (Wildman–Crippen MR) is 93.0 cm³/mol. The Bertz CT molecular complexity index is 923. The molecule has 2 aromatic rings. The van der Waals surface area contributed by atoms with Crippen molar-refractivity contribution in [3.05, 3.63) is 59.9 Å². The number of nitrogens with one attached hydrogen (secondary N) is 1. The van der Waals surface area contributed by atoms with Crippen molar-refractivity contribution in [3.63, 3.8) is 0 Å². The van der Waals surface area contributed by atoms with Crippen LogP contribution in [0, 0.1) is 17.1 Å². The first-order chi connectivity index (χ1) is 11.8. The quantitative estimate of drug-likeness (QED) is 0.856. The number of para-hydroxylation sites is 2. The third-order valence-electron chi connectivity index (χ3n) is 3.38. The highest BCUT2D eigenvalue weighted by Crippen LogP contribution is 2.22. The van der Waals surface area contributed by atoms with E-state index in [4.69, 9.17) is 5.26 Å². The molecule has 0 bridgehead atoms. The van der Waals surface area contributed by atoms with Crippen molar-refractivity contribution in [2.24, 2.45) is 0 Å². The smallest absolute Gasteiger partial charge is 0.232 e. The van der Waals surface area contributed by atoms with E-state index < -0.39 is 21.7 Å². The summed E-state index contributed by atoms with van der Waals surface area (Å²) in [6.45, 7) is -0.169. The second-order valence-electron chi connectivity index (χ2n) is 5.24. The van der Waals surface area contributed by atoms with Gasteiger partial charge in [-0.25, -0.2) is 12.8 Å². The molecule has 0 heterocycles. The third-order valence-corrected chi connectivity index (χ3v) is 4.56. The molecule has 0 aliphatic heterocycles. The fraction of sp³-hybridized carbons (Fsp3) is 0.176. The van der Waals surface area contributed by atoms with Crippen LogP contribution in [-0.2, 0) is 14.8 Å². The van der Waals surface area contributed by atoms with E-state index in [1.807, 2.05) is 6.07 Å². The zero-order valence-electron chi connectivity index (χ0n) is 13.4. The number of carbonyl (C=O) groups is 1. The summed E-state index contributed by atoms with van der Waals surface area (Å²) in [7, 11) is -3.70. The predicted octanol–water partition coefficient (Wildman–Crippen LogP) is 2.49. The first-order valence-corrected chi connectivity index (χ1v) is 9.19. The van der Waals surface area contributed by atoms with Crippen LogP contribution in [-0.4, -0.2) is 27.1 Å². The minimum atomic E-state index is -3.70. The number of nitrogens with zero attached hydrogens (tertiary/aromatic N) is 2. The van der Waals surface area contributed by atoms with Gasteiger partial charge in [0.05, 0.1) is 23.2 Å². The first-order valence-electron chi connectivity index (χ1n) is 7.34. The lowest BCUT2D eigenvalue weighted by Crippen LogP contribution is -2.33. The van der Waals surface area contributed by atoms with Gasteiger partial charge >= 0.3 is 0 Å². The molecule has 0 aliphatic carbocycles. The lowest BCUT2D eigenvalue weighted by Gasteiger charge is -2.23. The van der Waals surface area contributed by atoms with E-state index in [2.05, 4.69) is 5.32 Å². The van der Waals surface area contributed by atoms with Crippen LogP contribution in [0.5, 0.6) is 0 Å². The van der Waals surface area contributed by atoms with Gasteiger partial charge in [0.15, 0.2) is 0 Å². The molecule has 2 aromatic carbocycles. The molecule has 0 atom stereocenters. The maximum Gasteiger partial charge on any atom is 0.232 e. The highest BCUT2D eigenvalue weighted by Gasteiger charge is 2.21. The Kier molecular flexibility index (Phi) is 5.72. The van der Waals surface area contributed by atoms with Crippen molar-refractivity contribution in [2.45, 2.75) is 6.42 Å². The van der Waals surface area contributed by atoms with E-state index >= 15 is 0 Å². The van der Waals surface area contributed by atoms with Crippen LogP contribution >= 0.6 is 0 Å². The van der Waals surface area contributed by atoms with Crippen LogP contribution in [0.25, 0.3) is 0 Å². The fourth-order valence-corrected chi connectivity index (χ4v) is 3.17. The number of carbonyl (C=O) groups excluding carboxylic acids is 1. The van der Waals surface area contributed by atoms with Gasteiger partial charge in [0.2, 0.25) is 15.9 Å². The van der Waals surface area contributed by atoms with Gasteiger partial charge in [-0.05, 0) is 24.3 Å². The van der Waals surface area contributed by atoms with Crippen molar-refractivity contribution in [2.75, 3.05) is 22.4 Å². The second kappa shape index (κ2) is 7.77. The molecule has 6 nitrogen and oxygen atoms in total. The summed E-state index contributed by atoms with van der Waals surface area (Å²) in [4.78, 5) is 12.0. The summed E-state index contributed by atoms with van der Waals surface area (Å²) < 4.78 is 38.6. The highest BCUT2D eigenvalue weighted by molar-refractivity contribution is 7.92. The lowest BCUT2D eigenvalue weighted by atomic mass is 10.2. The van der Waals surface area contributed by atoms with Gasteiger partial charge in [-0.15, -0.1) is 0 Å². The summed E-state index contributed by atoms with van der Waals surface area (Å²) in [5.41, 5.74) is 0.407. The molecule has 130 valence electrons. The van der Waals surface area contributed by atoms with Gasteiger partial charge < -0.3 is 5.32 Å². The second-order valence-corrected chi connectivity index (χ2v) is 7.15. The summed E-state index contributed by atoms with van der Waals surface area (Å²) in [5, 5.41) is 11.5. The molecular formula is C17H16FN3O3S. The normalized spacial score (nSPS) is 10.8. The molecule has 2 rings (SSSR count). The van der Waals surface area contributed by atoms with Gasteiger partial charge in [0, 0.05) is 13.0 Å². The zero-order valence-corrected chi connectivity index (χ0v) is 14.3. The summed E-state index contributed by atoms with van der Waals surface area (Å²) in [6.07, 6.45) is 0.803. The monoisotopic (exact) mass is 361 g/mol. The van der Waals surface area contributed by atoms with E-state index in [9.17, 15) is 17.6 Å². The Morgan fingerprint density at radius 2 is 1.84 bits per heavy atom. The van der Waals surface area contributed by atoms with Crippen LogP contribution in [0.3, 0.4) is 0 Å². The molecule has 1 N–H and O–H groups in total. The van der Waals surface area contributed by atoms with Crippen LogP contribution in [0.1, 0.15) is 12.0 Å². The van der Waals surface area contributed by atoms with Gasteiger partial charge in [-0.3, -0.25) is 9.10 Å². The van der Waals surface area contributed by atoms with Gasteiger partial charge in [0.25, 0.3) is 0 Å². The van der Waals surface area contributed by atoms with E-state index in [1.165, 1.54) is 30.3 Å². The summed E-state index contributed by atoms with van der Waals surface area (Å²) in [5.74, 6) is -1.11. The van der Waals surface area contributed by atoms with Crippen molar-refractivity contribution in [1.29, 1.82) is 5.26 Å². The van der Waals surface area contributed by atoms with Crippen molar-refractivity contribution < 1.29 is 17.6 Å². The number of sulfonamides is 1. The largest absolute Gasteiger partial charge is 0.324 e. The third kappa shape index (κ3) is 4.78. The Morgan fingerprint density at radius 3 is 2.48 bits per heavy atom. The molecule has 0 saturated carbocycles. The maximum absolute atomic E-state index is 13.5. The molecule has 1 amide bonds. The fourth-order valence-electron chi connectivity index (χ4n) is 2.23. The molecule has 25 heavy (non-hydrogen) atoms. The van der Waals surface area contributed by atoms with E-state index in [-0.39, 0.29) is 29.9 Å². The molecule has 0 radical (unpaired) electrons. The highest BCUT2D eigenvalue weighted by atomic mass is 32.2.